The first-order valence-corrected chi connectivity index (χ1v) is 8.40. The van der Waals surface area contributed by atoms with Crippen LogP contribution in [0.25, 0.3) is 0 Å². The lowest BCUT2D eigenvalue weighted by atomic mass is 9.92. The van der Waals surface area contributed by atoms with E-state index >= 15 is 0 Å². The molecule has 1 aromatic carbocycles. The van der Waals surface area contributed by atoms with Crippen LogP contribution in [-0.4, -0.2) is 29.7 Å². The number of nitrogens with zero attached hydrogens (tertiary/aromatic N) is 2. The molecule has 0 bridgehead atoms. The number of aromatic nitrogens is 2. The molecule has 6 heteroatoms. The largest absolute Gasteiger partial charge is 0.493 e. The lowest BCUT2D eigenvalue weighted by Gasteiger charge is -2.26. The lowest BCUT2D eigenvalue weighted by molar-refractivity contribution is 0.210. The van der Waals surface area contributed by atoms with Crippen LogP contribution in [0.3, 0.4) is 0 Å². The molecule has 1 aliphatic carbocycles. The normalized spacial score (nSPS) is 19.3. The van der Waals surface area contributed by atoms with Crippen molar-refractivity contribution >= 4 is 11.8 Å². The summed E-state index contributed by atoms with van der Waals surface area (Å²) in [7, 11) is 1.67. The van der Waals surface area contributed by atoms with E-state index in [1.54, 1.807) is 7.11 Å². The number of hydrogen-bond acceptors (Lipinski definition) is 6. The zero-order valence-corrected chi connectivity index (χ0v) is 13.8. The minimum absolute atomic E-state index is 0.328. The predicted octanol–water partition coefficient (Wildman–Crippen LogP) is 2.44. The molecule has 1 fully saturated rings. The fourth-order valence-electron chi connectivity index (χ4n) is 3.18. The topological polar surface area (TPSA) is 82.3 Å². The first-order chi connectivity index (χ1) is 11.7. The Balaban J connectivity index is 1.48. The van der Waals surface area contributed by atoms with Crippen LogP contribution >= 0.6 is 0 Å². The summed E-state index contributed by atoms with van der Waals surface area (Å²) in [5.74, 6) is 3.20. The second-order valence-corrected chi connectivity index (χ2v) is 6.56. The average molecular weight is 326 g/mol. The predicted molar refractivity (Wildman–Crippen MR) is 92.5 cm³/mol. The number of ether oxygens (including phenoxy) is 2. The Bertz CT molecular complexity index is 746. The van der Waals surface area contributed by atoms with Crippen LogP contribution in [0.2, 0.25) is 0 Å². The number of hydrogen-bond donors (Lipinski definition) is 2. The second kappa shape index (κ2) is 6.19. The number of benzene rings is 1. The van der Waals surface area contributed by atoms with E-state index in [0.29, 0.717) is 24.5 Å². The highest BCUT2D eigenvalue weighted by Crippen LogP contribution is 2.36. The van der Waals surface area contributed by atoms with Gasteiger partial charge in [-0.05, 0) is 37.3 Å². The van der Waals surface area contributed by atoms with Crippen LogP contribution in [0, 0.1) is 5.92 Å². The maximum Gasteiger partial charge on any atom is 0.222 e. The number of nitrogen functional groups attached to an aromatic ring is 1. The molecule has 6 nitrogen and oxygen atoms in total. The van der Waals surface area contributed by atoms with Crippen molar-refractivity contribution in [3.05, 3.63) is 35.5 Å². The fourth-order valence-corrected chi connectivity index (χ4v) is 3.18. The third kappa shape index (κ3) is 3.22. The minimum atomic E-state index is 0.328. The summed E-state index contributed by atoms with van der Waals surface area (Å²) in [6, 6.07) is 8.59. The molecule has 3 N–H and O–H groups in total. The van der Waals surface area contributed by atoms with Crippen molar-refractivity contribution < 1.29 is 9.47 Å². The minimum Gasteiger partial charge on any atom is -0.493 e. The van der Waals surface area contributed by atoms with E-state index in [0.717, 1.165) is 35.9 Å². The van der Waals surface area contributed by atoms with Crippen molar-refractivity contribution in [2.75, 3.05) is 24.8 Å². The van der Waals surface area contributed by atoms with Gasteiger partial charge in [0.05, 0.1) is 13.7 Å². The van der Waals surface area contributed by atoms with Gasteiger partial charge in [0.15, 0.2) is 11.5 Å². The maximum absolute atomic E-state index is 5.95. The lowest BCUT2D eigenvalue weighted by Crippen LogP contribution is -2.24. The van der Waals surface area contributed by atoms with Gasteiger partial charge in [-0.3, -0.25) is 0 Å². The highest BCUT2D eigenvalue weighted by molar-refractivity contribution is 5.48. The number of anilines is 2. The molecule has 0 saturated heterocycles. The zero-order chi connectivity index (χ0) is 16.5. The zero-order valence-electron chi connectivity index (χ0n) is 13.8. The first kappa shape index (κ1) is 15.1. The average Bonchev–Trinajstić information content (AvgIpc) is 3.37. The van der Waals surface area contributed by atoms with Crippen LogP contribution in [-0.2, 0) is 12.8 Å². The molecule has 1 aliphatic heterocycles. The summed E-state index contributed by atoms with van der Waals surface area (Å²) in [6.45, 7) is 0.655. The molecule has 4 rings (SSSR count). The fraction of sp³-hybridized carbons (Fsp3) is 0.444. The van der Waals surface area contributed by atoms with Gasteiger partial charge in [-0.2, -0.15) is 4.98 Å². The highest BCUT2D eigenvalue weighted by Gasteiger charge is 2.25. The number of para-hydroxylation sites is 1. The van der Waals surface area contributed by atoms with E-state index < -0.39 is 0 Å². The van der Waals surface area contributed by atoms with Crippen molar-refractivity contribution in [2.45, 2.75) is 31.7 Å². The Labute approximate surface area is 141 Å². The van der Waals surface area contributed by atoms with Crippen molar-refractivity contribution in [1.82, 2.24) is 9.97 Å². The molecule has 0 radical (unpaired) electrons. The number of methoxy groups -OCH3 is 1. The SMILES string of the molecule is COc1cccc2c1OC[C@@H](Cc1cc(NC3CC3)nc(N)n1)C2. The van der Waals surface area contributed by atoms with Gasteiger partial charge in [0.25, 0.3) is 0 Å². The third-order valence-corrected chi connectivity index (χ3v) is 4.48. The Hall–Kier alpha value is -2.50. The van der Waals surface area contributed by atoms with Crippen molar-refractivity contribution in [2.24, 2.45) is 5.92 Å². The summed E-state index contributed by atoms with van der Waals surface area (Å²) in [4.78, 5) is 8.67. The number of fused-ring (bicyclic) bond motifs is 1. The van der Waals surface area contributed by atoms with Crippen LogP contribution in [0.5, 0.6) is 11.5 Å². The molecular formula is C18H22N4O2. The van der Waals surface area contributed by atoms with Gasteiger partial charge in [-0.15, -0.1) is 0 Å². The van der Waals surface area contributed by atoms with Crippen LogP contribution < -0.4 is 20.5 Å². The highest BCUT2D eigenvalue weighted by atomic mass is 16.5. The molecule has 126 valence electrons. The standard InChI is InChI=1S/C18H22N4O2/c1-23-15-4-2-3-12-7-11(10-24-17(12)15)8-14-9-16(20-13-5-6-13)22-18(19)21-14/h2-4,9,11,13H,5-8,10H2,1H3,(H3,19,20,21,22)/t11-/m1/s1. The molecule has 1 aromatic heterocycles. The maximum atomic E-state index is 5.95. The van der Waals surface area contributed by atoms with E-state index in [-0.39, 0.29) is 0 Å². The van der Waals surface area contributed by atoms with E-state index in [4.69, 9.17) is 15.2 Å². The first-order valence-electron chi connectivity index (χ1n) is 8.40. The van der Waals surface area contributed by atoms with E-state index in [1.807, 2.05) is 18.2 Å². The van der Waals surface area contributed by atoms with E-state index in [1.165, 1.54) is 18.4 Å². The summed E-state index contributed by atoms with van der Waals surface area (Å²) in [5, 5.41) is 3.39. The molecule has 2 aliphatic rings. The third-order valence-electron chi connectivity index (χ3n) is 4.48. The number of nitrogens with one attached hydrogen (secondary N) is 1. The van der Waals surface area contributed by atoms with Crippen molar-refractivity contribution in [3.8, 4) is 11.5 Å². The summed E-state index contributed by atoms with van der Waals surface area (Å²) < 4.78 is 11.3. The summed E-state index contributed by atoms with van der Waals surface area (Å²) >= 11 is 0. The molecule has 1 saturated carbocycles. The van der Waals surface area contributed by atoms with Gasteiger partial charge < -0.3 is 20.5 Å². The molecule has 0 unspecified atom stereocenters. The molecule has 2 aromatic rings. The van der Waals surface area contributed by atoms with Crippen molar-refractivity contribution in [1.29, 1.82) is 0 Å². The van der Waals surface area contributed by atoms with Gasteiger partial charge in [-0.25, -0.2) is 4.98 Å². The second-order valence-electron chi connectivity index (χ2n) is 6.56. The Morgan fingerprint density at radius 2 is 2.21 bits per heavy atom. The smallest absolute Gasteiger partial charge is 0.222 e. The molecule has 0 amide bonds. The van der Waals surface area contributed by atoms with Crippen LogP contribution in [0.4, 0.5) is 11.8 Å². The van der Waals surface area contributed by atoms with E-state index in [9.17, 15) is 0 Å². The number of nitrogens with two attached hydrogens (primary N) is 1. The quantitative estimate of drug-likeness (QED) is 0.878. The molecule has 2 heterocycles. The Morgan fingerprint density at radius 3 is 3.00 bits per heavy atom. The van der Waals surface area contributed by atoms with Crippen molar-refractivity contribution in [3.63, 3.8) is 0 Å². The Morgan fingerprint density at radius 1 is 1.33 bits per heavy atom. The number of rotatable bonds is 5. The molecular weight excluding hydrogens is 304 g/mol. The molecule has 0 spiro atoms. The van der Waals surface area contributed by atoms with E-state index in [2.05, 4.69) is 21.4 Å². The summed E-state index contributed by atoms with van der Waals surface area (Å²) in [5.41, 5.74) is 8.01. The van der Waals surface area contributed by atoms with Gasteiger partial charge >= 0.3 is 0 Å². The van der Waals surface area contributed by atoms with Gasteiger partial charge in [0.1, 0.15) is 5.82 Å². The van der Waals surface area contributed by atoms with Gasteiger partial charge in [0.2, 0.25) is 5.95 Å². The molecule has 24 heavy (non-hydrogen) atoms. The summed E-state index contributed by atoms with van der Waals surface area (Å²) in [6.07, 6.45) is 4.17. The van der Waals surface area contributed by atoms with Gasteiger partial charge in [0, 0.05) is 23.7 Å². The molecule has 1 atom stereocenters. The Kier molecular flexibility index (Phi) is 3.88. The van der Waals surface area contributed by atoms with Crippen LogP contribution in [0.15, 0.2) is 24.3 Å². The van der Waals surface area contributed by atoms with Gasteiger partial charge in [-0.1, -0.05) is 12.1 Å². The monoisotopic (exact) mass is 326 g/mol. The van der Waals surface area contributed by atoms with Crippen LogP contribution in [0.1, 0.15) is 24.1 Å².